The predicted octanol–water partition coefficient (Wildman–Crippen LogP) is 3.75. The van der Waals surface area contributed by atoms with Crippen molar-refractivity contribution in [1.29, 1.82) is 0 Å². The second kappa shape index (κ2) is 7.30. The molecule has 0 unspecified atom stereocenters. The number of hydrogen-bond donors (Lipinski definition) is 1. The number of nitrogens with zero attached hydrogens (tertiary/aromatic N) is 2. The molecular weight excluding hydrogens is 356 g/mol. The van der Waals surface area contributed by atoms with Gasteiger partial charge in [0, 0.05) is 12.1 Å². The summed E-state index contributed by atoms with van der Waals surface area (Å²) in [5, 5.41) is 22.4. The molecule has 2 fully saturated rings. The molecule has 6 heteroatoms. The molecule has 0 heterocycles. The second-order valence-electron chi connectivity index (χ2n) is 9.44. The maximum atomic E-state index is 11.9. The fourth-order valence-electron chi connectivity index (χ4n) is 6.26. The summed E-state index contributed by atoms with van der Waals surface area (Å²) < 4.78 is 5.79. The lowest BCUT2D eigenvalue weighted by Gasteiger charge is -2.50. The van der Waals surface area contributed by atoms with Gasteiger partial charge in [0.05, 0.1) is 11.0 Å². The maximum absolute atomic E-state index is 11.9. The first-order chi connectivity index (χ1) is 13.3. The van der Waals surface area contributed by atoms with Crippen molar-refractivity contribution in [2.24, 2.45) is 17.3 Å². The average Bonchev–Trinajstić information content (AvgIpc) is 2.95. The number of fused-ring (bicyclic) bond motifs is 5. The van der Waals surface area contributed by atoms with E-state index in [1.54, 1.807) is 0 Å². The van der Waals surface area contributed by atoms with E-state index in [4.69, 9.17) is 4.74 Å². The Morgan fingerprint density at radius 2 is 2.07 bits per heavy atom. The second-order valence-corrected chi connectivity index (χ2v) is 9.44. The standard InChI is InChI=1S/C22H32N2O4/c1-22-11-10-15-14-6-8-19(28-13-12-23(2)3)21(24(26)27)17(14)5-4-16(15)18(22)7-9-20(22)25/h6,8,15-16,18,20,25H,4-5,7,9-13H2,1-3H3/t15-,16-,18+,20+,22+/m1/s1. The number of nitro groups is 1. The van der Waals surface area contributed by atoms with Crippen LogP contribution in [0, 0.1) is 27.4 Å². The minimum Gasteiger partial charge on any atom is -0.485 e. The fourth-order valence-corrected chi connectivity index (χ4v) is 6.26. The summed E-state index contributed by atoms with van der Waals surface area (Å²) in [6.45, 7) is 3.42. The molecule has 3 aliphatic rings. The molecule has 0 saturated heterocycles. The molecule has 1 N–H and O–H groups in total. The molecule has 0 bridgehead atoms. The Morgan fingerprint density at radius 3 is 2.79 bits per heavy atom. The third kappa shape index (κ3) is 3.11. The van der Waals surface area contributed by atoms with E-state index in [1.807, 2.05) is 25.1 Å². The highest BCUT2D eigenvalue weighted by Gasteiger charge is 2.54. The van der Waals surface area contributed by atoms with Crippen LogP contribution in [0.1, 0.15) is 56.1 Å². The molecule has 2 saturated carbocycles. The van der Waals surface area contributed by atoms with Crippen LogP contribution in [0.25, 0.3) is 0 Å². The largest absolute Gasteiger partial charge is 0.485 e. The van der Waals surface area contributed by atoms with Crippen LogP contribution in [0.5, 0.6) is 5.75 Å². The lowest BCUT2D eigenvalue weighted by molar-refractivity contribution is -0.386. The van der Waals surface area contributed by atoms with E-state index in [9.17, 15) is 15.2 Å². The van der Waals surface area contributed by atoms with E-state index in [0.29, 0.717) is 30.1 Å². The van der Waals surface area contributed by atoms with Crippen LogP contribution in [-0.4, -0.2) is 48.3 Å². The highest BCUT2D eigenvalue weighted by Crippen LogP contribution is 2.61. The van der Waals surface area contributed by atoms with Crippen LogP contribution >= 0.6 is 0 Å². The van der Waals surface area contributed by atoms with E-state index >= 15 is 0 Å². The molecule has 1 aromatic carbocycles. The summed E-state index contributed by atoms with van der Waals surface area (Å²) in [6, 6.07) is 3.89. The van der Waals surface area contributed by atoms with Crippen LogP contribution < -0.4 is 4.74 Å². The molecule has 0 aliphatic heterocycles. The normalized spacial score (nSPS) is 33.9. The third-order valence-electron chi connectivity index (χ3n) is 7.77. The van der Waals surface area contributed by atoms with Gasteiger partial charge in [-0.05, 0) is 87.4 Å². The molecule has 1 aromatic rings. The molecule has 5 atom stereocenters. The number of hydrogen-bond acceptors (Lipinski definition) is 5. The number of aliphatic hydroxyl groups excluding tert-OH is 1. The summed E-state index contributed by atoms with van der Waals surface area (Å²) in [4.78, 5) is 13.7. The van der Waals surface area contributed by atoms with Crippen molar-refractivity contribution in [3.05, 3.63) is 33.4 Å². The van der Waals surface area contributed by atoms with E-state index in [2.05, 4.69) is 13.0 Å². The smallest absolute Gasteiger partial charge is 0.314 e. The molecule has 154 valence electrons. The first kappa shape index (κ1) is 19.6. The number of ether oxygens (including phenoxy) is 1. The summed E-state index contributed by atoms with van der Waals surface area (Å²) in [5.41, 5.74) is 2.25. The minimum absolute atomic E-state index is 0.0276. The molecule has 4 rings (SSSR count). The van der Waals surface area contributed by atoms with Crippen molar-refractivity contribution >= 4 is 5.69 Å². The van der Waals surface area contributed by atoms with Gasteiger partial charge in [-0.15, -0.1) is 0 Å². The van der Waals surface area contributed by atoms with Gasteiger partial charge in [-0.1, -0.05) is 13.0 Å². The highest BCUT2D eigenvalue weighted by atomic mass is 16.6. The zero-order valence-corrected chi connectivity index (χ0v) is 17.2. The van der Waals surface area contributed by atoms with E-state index in [0.717, 1.165) is 56.2 Å². The number of aliphatic hydroxyl groups is 1. The van der Waals surface area contributed by atoms with Gasteiger partial charge in [0.25, 0.3) is 0 Å². The third-order valence-corrected chi connectivity index (χ3v) is 7.77. The van der Waals surface area contributed by atoms with Gasteiger partial charge in [-0.25, -0.2) is 0 Å². The first-order valence-corrected chi connectivity index (χ1v) is 10.6. The van der Waals surface area contributed by atoms with Crippen molar-refractivity contribution in [3.8, 4) is 5.75 Å². The van der Waals surface area contributed by atoms with Crippen LogP contribution in [0.15, 0.2) is 12.1 Å². The number of benzene rings is 1. The summed E-state index contributed by atoms with van der Waals surface area (Å²) >= 11 is 0. The summed E-state index contributed by atoms with van der Waals surface area (Å²) in [6.07, 6.45) is 5.53. The number of rotatable bonds is 5. The van der Waals surface area contributed by atoms with Crippen molar-refractivity contribution < 1.29 is 14.8 Å². The summed E-state index contributed by atoms with van der Waals surface area (Å²) in [7, 11) is 3.92. The molecule has 3 aliphatic carbocycles. The van der Waals surface area contributed by atoms with Gasteiger partial charge < -0.3 is 14.7 Å². The molecular formula is C22H32N2O4. The Morgan fingerprint density at radius 1 is 1.29 bits per heavy atom. The van der Waals surface area contributed by atoms with E-state index < -0.39 is 0 Å². The Labute approximate surface area is 167 Å². The predicted molar refractivity (Wildman–Crippen MR) is 108 cm³/mol. The molecule has 0 aromatic heterocycles. The van der Waals surface area contributed by atoms with Gasteiger partial charge in [0.2, 0.25) is 0 Å². The summed E-state index contributed by atoms with van der Waals surface area (Å²) in [5.74, 6) is 1.84. The Balaban J connectivity index is 1.64. The Bertz CT molecular complexity index is 765. The van der Waals surface area contributed by atoms with Gasteiger partial charge >= 0.3 is 5.69 Å². The zero-order chi connectivity index (χ0) is 20.1. The highest BCUT2D eigenvalue weighted by molar-refractivity contribution is 5.58. The lowest BCUT2D eigenvalue weighted by atomic mass is 9.55. The SMILES string of the molecule is CN(C)CCOc1ccc2c(c1[N+](=O)[O-])CC[C@@H]1[C@@H]2CC[C@]2(C)[C@@H](O)CC[C@@H]12. The van der Waals surface area contributed by atoms with Crippen LogP contribution in [0.4, 0.5) is 5.69 Å². The topological polar surface area (TPSA) is 75.8 Å². The van der Waals surface area contributed by atoms with E-state index in [-0.39, 0.29) is 22.1 Å². The molecule has 28 heavy (non-hydrogen) atoms. The Hall–Kier alpha value is -1.66. The Kier molecular flexibility index (Phi) is 5.12. The molecule has 0 spiro atoms. The van der Waals surface area contributed by atoms with Crippen molar-refractivity contribution in [2.75, 3.05) is 27.2 Å². The van der Waals surface area contributed by atoms with Crippen LogP contribution in [-0.2, 0) is 6.42 Å². The lowest BCUT2D eigenvalue weighted by Crippen LogP contribution is -2.44. The molecule has 6 nitrogen and oxygen atoms in total. The zero-order valence-electron chi connectivity index (χ0n) is 17.2. The quantitative estimate of drug-likeness (QED) is 0.614. The van der Waals surface area contributed by atoms with Gasteiger partial charge in [-0.2, -0.15) is 0 Å². The molecule has 0 radical (unpaired) electrons. The van der Waals surface area contributed by atoms with Crippen LogP contribution in [0.3, 0.4) is 0 Å². The van der Waals surface area contributed by atoms with Gasteiger partial charge in [0.1, 0.15) is 6.61 Å². The minimum atomic E-state index is -0.254. The van der Waals surface area contributed by atoms with Crippen molar-refractivity contribution in [3.63, 3.8) is 0 Å². The number of likely N-dealkylation sites (N-methyl/N-ethyl adjacent to an activating group) is 1. The number of nitro benzene ring substituents is 1. The van der Waals surface area contributed by atoms with Gasteiger partial charge in [-0.3, -0.25) is 10.1 Å². The van der Waals surface area contributed by atoms with Crippen LogP contribution in [0.2, 0.25) is 0 Å². The van der Waals surface area contributed by atoms with Crippen molar-refractivity contribution in [1.82, 2.24) is 4.90 Å². The van der Waals surface area contributed by atoms with E-state index in [1.165, 1.54) is 0 Å². The monoisotopic (exact) mass is 388 g/mol. The fraction of sp³-hybridized carbons (Fsp3) is 0.727. The molecule has 0 amide bonds. The van der Waals surface area contributed by atoms with Crippen molar-refractivity contribution in [2.45, 2.75) is 57.5 Å². The van der Waals surface area contributed by atoms with Gasteiger partial charge in [0.15, 0.2) is 5.75 Å². The average molecular weight is 389 g/mol. The maximum Gasteiger partial charge on any atom is 0.314 e. The first-order valence-electron chi connectivity index (χ1n) is 10.6.